The van der Waals surface area contributed by atoms with Crippen LogP contribution >= 0.6 is 11.8 Å². The number of thioether (sulfide) groups is 1. The van der Waals surface area contributed by atoms with Crippen molar-refractivity contribution in [3.63, 3.8) is 0 Å². The molecule has 4 nitrogen and oxygen atoms in total. The maximum absolute atomic E-state index is 13.5. The van der Waals surface area contributed by atoms with E-state index in [1.54, 1.807) is 24.3 Å². The van der Waals surface area contributed by atoms with Gasteiger partial charge in [0.15, 0.2) is 6.10 Å². The second-order valence-corrected chi connectivity index (χ2v) is 5.77. The molecule has 0 saturated carbocycles. The minimum Gasteiger partial charge on any atom is -0.449 e. The summed E-state index contributed by atoms with van der Waals surface area (Å²) in [6, 6.07) is 9.48. The van der Waals surface area contributed by atoms with Crippen molar-refractivity contribution >= 4 is 29.3 Å². The van der Waals surface area contributed by atoms with Gasteiger partial charge in [-0.05, 0) is 49.6 Å². The van der Waals surface area contributed by atoms with Crippen molar-refractivity contribution in [3.05, 3.63) is 59.7 Å². The molecule has 7 heteroatoms. The fourth-order valence-electron chi connectivity index (χ4n) is 1.83. The summed E-state index contributed by atoms with van der Waals surface area (Å²) in [5, 5.41) is 2.25. The van der Waals surface area contributed by atoms with Crippen LogP contribution in [0.25, 0.3) is 0 Å². The summed E-state index contributed by atoms with van der Waals surface area (Å²) in [6.45, 7) is 1.37. The smallest absolute Gasteiger partial charge is 0.338 e. The third-order valence-corrected chi connectivity index (χ3v) is 3.91. The number of rotatable bonds is 5. The number of anilines is 1. The van der Waals surface area contributed by atoms with E-state index >= 15 is 0 Å². The van der Waals surface area contributed by atoms with Crippen LogP contribution in [0.1, 0.15) is 17.3 Å². The Morgan fingerprint density at radius 3 is 2.38 bits per heavy atom. The third-order valence-electron chi connectivity index (χ3n) is 3.17. The average Bonchev–Trinajstić information content (AvgIpc) is 2.57. The molecule has 2 aromatic rings. The van der Waals surface area contributed by atoms with Crippen LogP contribution in [0.3, 0.4) is 0 Å². The van der Waals surface area contributed by atoms with Crippen molar-refractivity contribution in [1.82, 2.24) is 0 Å². The molecule has 24 heavy (non-hydrogen) atoms. The van der Waals surface area contributed by atoms with Gasteiger partial charge < -0.3 is 10.1 Å². The topological polar surface area (TPSA) is 55.4 Å². The third kappa shape index (κ3) is 4.55. The number of carbonyl (C=O) groups excluding carboxylic acids is 2. The van der Waals surface area contributed by atoms with E-state index in [0.717, 1.165) is 17.0 Å². The van der Waals surface area contributed by atoms with Crippen molar-refractivity contribution in [2.45, 2.75) is 17.9 Å². The molecule has 126 valence electrons. The first-order valence-corrected chi connectivity index (χ1v) is 8.24. The Morgan fingerprint density at radius 2 is 1.79 bits per heavy atom. The van der Waals surface area contributed by atoms with Crippen LogP contribution in [-0.2, 0) is 9.53 Å². The molecule has 0 aliphatic rings. The van der Waals surface area contributed by atoms with E-state index in [4.69, 9.17) is 4.74 Å². The number of benzene rings is 2. The molecule has 1 atom stereocenters. The van der Waals surface area contributed by atoms with Crippen LogP contribution in [0, 0.1) is 11.6 Å². The van der Waals surface area contributed by atoms with E-state index < -0.39 is 29.6 Å². The summed E-state index contributed by atoms with van der Waals surface area (Å²) in [4.78, 5) is 24.9. The van der Waals surface area contributed by atoms with Crippen molar-refractivity contribution in [3.8, 4) is 0 Å². The van der Waals surface area contributed by atoms with Gasteiger partial charge >= 0.3 is 5.97 Å². The largest absolute Gasteiger partial charge is 0.449 e. The average molecular weight is 351 g/mol. The molecule has 0 spiro atoms. The van der Waals surface area contributed by atoms with Gasteiger partial charge in [-0.15, -0.1) is 11.8 Å². The van der Waals surface area contributed by atoms with Gasteiger partial charge in [-0.25, -0.2) is 13.6 Å². The number of halogens is 2. The number of hydrogen-bond donors (Lipinski definition) is 1. The van der Waals surface area contributed by atoms with E-state index in [9.17, 15) is 18.4 Å². The van der Waals surface area contributed by atoms with Gasteiger partial charge in [-0.1, -0.05) is 0 Å². The molecule has 0 unspecified atom stereocenters. The molecule has 2 aromatic carbocycles. The lowest BCUT2D eigenvalue weighted by Gasteiger charge is -2.14. The van der Waals surface area contributed by atoms with Crippen LogP contribution in [0.4, 0.5) is 14.5 Å². The normalized spacial score (nSPS) is 11.7. The van der Waals surface area contributed by atoms with Crippen LogP contribution < -0.4 is 5.32 Å². The zero-order valence-corrected chi connectivity index (χ0v) is 13.8. The van der Waals surface area contributed by atoms with Gasteiger partial charge in [0.1, 0.15) is 11.6 Å². The van der Waals surface area contributed by atoms with Crippen molar-refractivity contribution in [2.24, 2.45) is 0 Å². The fraction of sp³-hybridized carbons (Fsp3) is 0.176. The van der Waals surface area contributed by atoms with Gasteiger partial charge in [-0.2, -0.15) is 0 Å². The number of hydrogen-bond acceptors (Lipinski definition) is 4. The summed E-state index contributed by atoms with van der Waals surface area (Å²) in [5.74, 6) is -3.03. The maximum atomic E-state index is 13.5. The monoisotopic (exact) mass is 351 g/mol. The quantitative estimate of drug-likeness (QED) is 0.656. The molecule has 0 radical (unpaired) electrons. The van der Waals surface area contributed by atoms with Crippen LogP contribution in [0.2, 0.25) is 0 Å². The number of nitrogens with one attached hydrogen (secondary N) is 1. The molecule has 0 fully saturated rings. The summed E-state index contributed by atoms with van der Waals surface area (Å²) >= 11 is 1.53. The van der Waals surface area contributed by atoms with Gasteiger partial charge in [-0.3, -0.25) is 4.79 Å². The van der Waals surface area contributed by atoms with Gasteiger partial charge in [0, 0.05) is 11.0 Å². The first kappa shape index (κ1) is 17.9. The zero-order valence-electron chi connectivity index (χ0n) is 13.0. The lowest BCUT2D eigenvalue weighted by molar-refractivity contribution is -0.123. The first-order valence-electron chi connectivity index (χ1n) is 7.01. The Kier molecular flexibility index (Phi) is 5.92. The molecule has 0 saturated heterocycles. The predicted molar refractivity (Wildman–Crippen MR) is 88.1 cm³/mol. The van der Waals surface area contributed by atoms with Crippen molar-refractivity contribution in [1.29, 1.82) is 0 Å². The Balaban J connectivity index is 1.98. The van der Waals surface area contributed by atoms with Crippen LogP contribution in [0.15, 0.2) is 47.4 Å². The highest BCUT2D eigenvalue weighted by molar-refractivity contribution is 7.98. The van der Waals surface area contributed by atoms with Crippen molar-refractivity contribution < 1.29 is 23.1 Å². The second-order valence-electron chi connectivity index (χ2n) is 4.89. The maximum Gasteiger partial charge on any atom is 0.338 e. The van der Waals surface area contributed by atoms with Gasteiger partial charge in [0.2, 0.25) is 0 Å². The Bertz CT molecular complexity index is 750. The van der Waals surface area contributed by atoms with Gasteiger partial charge in [0.05, 0.1) is 11.3 Å². The predicted octanol–water partition coefficient (Wildman–Crippen LogP) is 3.87. The molecule has 0 heterocycles. The molecule has 0 aliphatic carbocycles. The highest BCUT2D eigenvalue weighted by atomic mass is 32.2. The number of amides is 1. The Labute approximate surface area is 142 Å². The number of esters is 1. The van der Waals surface area contributed by atoms with E-state index in [-0.39, 0.29) is 5.69 Å². The van der Waals surface area contributed by atoms with Gasteiger partial charge in [0.25, 0.3) is 5.91 Å². The highest BCUT2D eigenvalue weighted by Gasteiger charge is 2.20. The summed E-state index contributed by atoms with van der Waals surface area (Å²) < 4.78 is 31.4. The highest BCUT2D eigenvalue weighted by Crippen LogP contribution is 2.17. The molecule has 1 N–H and O–H groups in total. The van der Waals surface area contributed by atoms with Crippen LogP contribution in [0.5, 0.6) is 0 Å². The van der Waals surface area contributed by atoms with Crippen molar-refractivity contribution in [2.75, 3.05) is 11.6 Å². The molecule has 0 bridgehead atoms. The van der Waals surface area contributed by atoms with E-state index in [0.29, 0.717) is 11.6 Å². The molecular formula is C17H15F2NO3S. The minimum atomic E-state index is -1.14. The molecule has 0 aromatic heterocycles. The second kappa shape index (κ2) is 7.92. The summed E-state index contributed by atoms with van der Waals surface area (Å²) in [7, 11) is 0. The van der Waals surface area contributed by atoms with E-state index in [2.05, 4.69) is 5.32 Å². The molecule has 2 rings (SSSR count). The Morgan fingerprint density at radius 1 is 1.12 bits per heavy atom. The standard InChI is InChI=1S/C17H15F2NO3S/c1-10(16(21)20-15-8-5-12(18)9-14(15)19)23-17(22)11-3-6-13(24-2)7-4-11/h3-10H,1-2H3,(H,20,21)/t10-/m1/s1. The van der Waals surface area contributed by atoms with Crippen LogP contribution in [-0.4, -0.2) is 24.2 Å². The SMILES string of the molecule is CSc1ccc(C(=O)O[C@H](C)C(=O)Nc2ccc(F)cc2F)cc1. The molecular weight excluding hydrogens is 336 g/mol. The lowest BCUT2D eigenvalue weighted by atomic mass is 10.2. The lowest BCUT2D eigenvalue weighted by Crippen LogP contribution is -2.30. The number of ether oxygens (including phenoxy) is 1. The summed E-state index contributed by atoms with van der Waals surface area (Å²) in [6.07, 6.45) is 0.774. The zero-order chi connectivity index (χ0) is 17.7. The first-order chi connectivity index (χ1) is 11.4. The molecule has 0 aliphatic heterocycles. The van der Waals surface area contributed by atoms with E-state index in [1.165, 1.54) is 18.7 Å². The minimum absolute atomic E-state index is 0.186. The number of carbonyl (C=O) groups is 2. The van der Waals surface area contributed by atoms with E-state index in [1.807, 2.05) is 6.26 Å². The summed E-state index contributed by atoms with van der Waals surface area (Å²) in [5.41, 5.74) is 0.119. The molecule has 1 amide bonds. The Hall–Kier alpha value is -2.41. The fourth-order valence-corrected chi connectivity index (χ4v) is 2.24.